The number of fused-ring (bicyclic) bond motifs is 1. The van der Waals surface area contributed by atoms with Gasteiger partial charge < -0.3 is 4.90 Å². The van der Waals surface area contributed by atoms with Crippen molar-refractivity contribution in [3.63, 3.8) is 0 Å². The van der Waals surface area contributed by atoms with Crippen molar-refractivity contribution < 1.29 is 9.59 Å². The van der Waals surface area contributed by atoms with E-state index in [1.807, 2.05) is 50.8 Å². The standard InChI is InChI=1S/C17H22BrNO2/c1-5-13(18)15(20)12-6-7-14-11(10-12)8-9-19(14)16(21)17(2,3)4/h6-7,10,13H,5,8-9H2,1-4H3. The van der Waals surface area contributed by atoms with Crippen molar-refractivity contribution in [2.75, 3.05) is 11.4 Å². The van der Waals surface area contributed by atoms with Crippen molar-refractivity contribution in [1.29, 1.82) is 0 Å². The summed E-state index contributed by atoms with van der Waals surface area (Å²) in [6, 6.07) is 5.69. The molecule has 0 aliphatic carbocycles. The van der Waals surface area contributed by atoms with Gasteiger partial charge in [0, 0.05) is 23.2 Å². The average Bonchev–Trinajstić information content (AvgIpc) is 2.86. The van der Waals surface area contributed by atoms with Crippen LogP contribution in [0.25, 0.3) is 0 Å². The number of carbonyl (C=O) groups is 2. The second kappa shape index (κ2) is 5.91. The summed E-state index contributed by atoms with van der Waals surface area (Å²) in [5.41, 5.74) is 2.38. The van der Waals surface area contributed by atoms with E-state index in [0.29, 0.717) is 6.54 Å². The minimum Gasteiger partial charge on any atom is -0.311 e. The zero-order valence-corrected chi connectivity index (χ0v) is 14.7. The maximum Gasteiger partial charge on any atom is 0.232 e. The van der Waals surface area contributed by atoms with Gasteiger partial charge in [0.15, 0.2) is 5.78 Å². The van der Waals surface area contributed by atoms with Gasteiger partial charge in [-0.25, -0.2) is 0 Å². The van der Waals surface area contributed by atoms with E-state index in [2.05, 4.69) is 15.9 Å². The van der Waals surface area contributed by atoms with Crippen LogP contribution in [0.3, 0.4) is 0 Å². The molecule has 1 aromatic carbocycles. The molecule has 1 atom stereocenters. The largest absolute Gasteiger partial charge is 0.311 e. The zero-order chi connectivity index (χ0) is 15.8. The van der Waals surface area contributed by atoms with Crippen LogP contribution in [-0.4, -0.2) is 23.1 Å². The number of amides is 1. The molecule has 1 unspecified atom stereocenters. The normalized spacial score (nSPS) is 15.8. The third-order valence-electron chi connectivity index (χ3n) is 3.79. The van der Waals surface area contributed by atoms with Gasteiger partial charge in [0.25, 0.3) is 0 Å². The van der Waals surface area contributed by atoms with Crippen LogP contribution in [0.15, 0.2) is 18.2 Å². The van der Waals surface area contributed by atoms with Gasteiger partial charge in [-0.05, 0) is 36.6 Å². The number of rotatable bonds is 3. The van der Waals surface area contributed by atoms with E-state index in [0.717, 1.165) is 29.7 Å². The van der Waals surface area contributed by atoms with E-state index in [1.54, 1.807) is 0 Å². The van der Waals surface area contributed by atoms with Crippen molar-refractivity contribution in [3.05, 3.63) is 29.3 Å². The second-order valence-corrected chi connectivity index (χ2v) is 7.65. The summed E-state index contributed by atoms with van der Waals surface area (Å²) < 4.78 is 0. The Morgan fingerprint density at radius 2 is 2.00 bits per heavy atom. The molecule has 1 aliphatic heterocycles. The highest BCUT2D eigenvalue weighted by Crippen LogP contribution is 2.33. The molecule has 0 fully saturated rings. The van der Waals surface area contributed by atoms with Crippen LogP contribution in [0.5, 0.6) is 0 Å². The fourth-order valence-corrected chi connectivity index (χ4v) is 2.80. The van der Waals surface area contributed by atoms with E-state index in [9.17, 15) is 9.59 Å². The number of alkyl halides is 1. The molecule has 0 N–H and O–H groups in total. The summed E-state index contributed by atoms with van der Waals surface area (Å²) >= 11 is 3.41. The first-order chi connectivity index (χ1) is 9.75. The number of hydrogen-bond donors (Lipinski definition) is 0. The molecule has 0 aromatic heterocycles. The van der Waals surface area contributed by atoms with E-state index < -0.39 is 0 Å². The monoisotopic (exact) mass is 351 g/mol. The van der Waals surface area contributed by atoms with Crippen LogP contribution in [0.2, 0.25) is 0 Å². The predicted molar refractivity (Wildman–Crippen MR) is 89.3 cm³/mol. The highest BCUT2D eigenvalue weighted by atomic mass is 79.9. The molecule has 0 radical (unpaired) electrons. The first-order valence-electron chi connectivity index (χ1n) is 7.39. The first kappa shape index (κ1) is 16.2. The predicted octanol–water partition coefficient (Wildman–Crippen LogP) is 3.98. The SMILES string of the molecule is CCC(Br)C(=O)c1ccc2c(c1)CCN2C(=O)C(C)(C)C. The van der Waals surface area contributed by atoms with Crippen LogP contribution < -0.4 is 4.90 Å². The number of hydrogen-bond acceptors (Lipinski definition) is 2. The summed E-state index contributed by atoms with van der Waals surface area (Å²) in [6.07, 6.45) is 1.59. The maximum absolute atomic E-state index is 12.5. The molecule has 1 heterocycles. The van der Waals surface area contributed by atoms with Gasteiger partial charge in [0.05, 0.1) is 4.83 Å². The van der Waals surface area contributed by atoms with E-state index in [4.69, 9.17) is 0 Å². The molecule has 0 saturated heterocycles. The van der Waals surface area contributed by atoms with E-state index in [-0.39, 0.29) is 21.9 Å². The summed E-state index contributed by atoms with van der Waals surface area (Å²) in [5, 5.41) is 0. The molecule has 0 bridgehead atoms. The van der Waals surface area contributed by atoms with Gasteiger partial charge in [-0.2, -0.15) is 0 Å². The van der Waals surface area contributed by atoms with E-state index in [1.165, 1.54) is 0 Å². The van der Waals surface area contributed by atoms with Gasteiger partial charge >= 0.3 is 0 Å². The Hall–Kier alpha value is -1.16. The molecule has 114 valence electrons. The molecular weight excluding hydrogens is 330 g/mol. The molecule has 1 aliphatic rings. The Balaban J connectivity index is 2.29. The summed E-state index contributed by atoms with van der Waals surface area (Å²) in [6.45, 7) is 8.48. The Morgan fingerprint density at radius 1 is 1.33 bits per heavy atom. The molecule has 4 heteroatoms. The third-order valence-corrected chi connectivity index (χ3v) is 4.85. The number of ketones is 1. The molecular formula is C17H22BrNO2. The Labute approximate surface area is 134 Å². The van der Waals surface area contributed by atoms with Crippen LogP contribution >= 0.6 is 15.9 Å². The summed E-state index contributed by atoms with van der Waals surface area (Å²) in [4.78, 5) is 26.4. The molecule has 0 spiro atoms. The lowest BCUT2D eigenvalue weighted by Gasteiger charge is -2.26. The molecule has 0 saturated carbocycles. The summed E-state index contributed by atoms with van der Waals surface area (Å²) in [7, 11) is 0. The topological polar surface area (TPSA) is 37.4 Å². The van der Waals surface area contributed by atoms with Crippen molar-refractivity contribution in [2.45, 2.75) is 45.4 Å². The Morgan fingerprint density at radius 3 is 2.57 bits per heavy atom. The lowest BCUT2D eigenvalue weighted by atomic mass is 9.94. The first-order valence-corrected chi connectivity index (χ1v) is 8.30. The number of benzene rings is 1. The number of halogens is 1. The number of Topliss-reactive ketones (excluding diaryl/α,β-unsaturated/α-hetero) is 1. The lowest BCUT2D eigenvalue weighted by Crippen LogP contribution is -2.38. The van der Waals surface area contributed by atoms with Crippen molar-refractivity contribution in [1.82, 2.24) is 0 Å². The average molecular weight is 352 g/mol. The highest BCUT2D eigenvalue weighted by molar-refractivity contribution is 9.10. The van der Waals surface area contributed by atoms with E-state index >= 15 is 0 Å². The van der Waals surface area contributed by atoms with Gasteiger partial charge in [0.1, 0.15) is 0 Å². The van der Waals surface area contributed by atoms with Crippen LogP contribution in [0.1, 0.15) is 50.0 Å². The molecule has 2 rings (SSSR count). The number of carbonyl (C=O) groups excluding carboxylic acids is 2. The molecule has 1 aromatic rings. The Bertz CT molecular complexity index is 575. The quantitative estimate of drug-likeness (QED) is 0.610. The number of nitrogens with zero attached hydrogens (tertiary/aromatic N) is 1. The minimum absolute atomic E-state index is 0.112. The fraction of sp³-hybridized carbons (Fsp3) is 0.529. The lowest BCUT2D eigenvalue weighted by molar-refractivity contribution is -0.125. The molecule has 3 nitrogen and oxygen atoms in total. The molecule has 21 heavy (non-hydrogen) atoms. The van der Waals surface area contributed by atoms with Crippen LogP contribution in [0, 0.1) is 5.41 Å². The maximum atomic E-state index is 12.5. The minimum atomic E-state index is -0.390. The van der Waals surface area contributed by atoms with Crippen molar-refractivity contribution in [2.24, 2.45) is 5.41 Å². The van der Waals surface area contributed by atoms with Gasteiger partial charge in [-0.1, -0.05) is 43.6 Å². The van der Waals surface area contributed by atoms with Crippen molar-refractivity contribution in [3.8, 4) is 0 Å². The van der Waals surface area contributed by atoms with Gasteiger partial charge in [0.2, 0.25) is 5.91 Å². The highest BCUT2D eigenvalue weighted by Gasteiger charge is 2.32. The fourth-order valence-electron chi connectivity index (χ4n) is 2.54. The smallest absolute Gasteiger partial charge is 0.232 e. The van der Waals surface area contributed by atoms with Gasteiger partial charge in [-0.3, -0.25) is 9.59 Å². The zero-order valence-electron chi connectivity index (χ0n) is 13.1. The van der Waals surface area contributed by atoms with Crippen LogP contribution in [0.4, 0.5) is 5.69 Å². The van der Waals surface area contributed by atoms with Crippen molar-refractivity contribution >= 4 is 33.3 Å². The molecule has 1 amide bonds. The van der Waals surface area contributed by atoms with Gasteiger partial charge in [-0.15, -0.1) is 0 Å². The Kier molecular flexibility index (Phi) is 4.57. The summed E-state index contributed by atoms with van der Waals surface area (Å²) in [5.74, 6) is 0.244. The second-order valence-electron chi connectivity index (χ2n) is 6.54. The van der Waals surface area contributed by atoms with Crippen LogP contribution in [-0.2, 0) is 11.2 Å². The number of anilines is 1. The third kappa shape index (κ3) is 3.20.